The van der Waals surface area contributed by atoms with Crippen LogP contribution in [0.15, 0.2) is 82.1 Å². The Labute approximate surface area is 193 Å². The monoisotopic (exact) mass is 463 g/mol. The number of sulfonamides is 1. The second-order valence-corrected chi connectivity index (χ2v) is 9.65. The molecule has 0 spiro atoms. The lowest BCUT2D eigenvalue weighted by Gasteiger charge is -2.23. The fourth-order valence-electron chi connectivity index (χ4n) is 3.71. The first kappa shape index (κ1) is 22.5. The van der Waals surface area contributed by atoms with Crippen molar-refractivity contribution in [3.8, 4) is 5.75 Å². The van der Waals surface area contributed by atoms with Gasteiger partial charge in [0.2, 0.25) is 0 Å². The normalized spacial score (nSPS) is 14.8. The molecule has 3 aromatic carbocycles. The van der Waals surface area contributed by atoms with Gasteiger partial charge in [0.1, 0.15) is 10.6 Å². The number of nitrogens with one attached hydrogen (secondary N) is 2. The maximum Gasteiger partial charge on any atom is 0.285 e. The molecule has 7 nitrogen and oxygen atoms in total. The lowest BCUT2D eigenvalue weighted by Crippen LogP contribution is -2.31. The van der Waals surface area contributed by atoms with Gasteiger partial charge in [-0.3, -0.25) is 4.79 Å². The van der Waals surface area contributed by atoms with Gasteiger partial charge >= 0.3 is 0 Å². The van der Waals surface area contributed by atoms with E-state index in [-0.39, 0.29) is 28.6 Å². The van der Waals surface area contributed by atoms with Crippen LogP contribution in [-0.4, -0.2) is 27.3 Å². The first-order valence-electron chi connectivity index (χ1n) is 10.5. The number of rotatable bonds is 6. The zero-order valence-corrected chi connectivity index (χ0v) is 19.4. The van der Waals surface area contributed by atoms with E-state index in [1.54, 1.807) is 49.6 Å². The Morgan fingerprint density at radius 1 is 0.939 bits per heavy atom. The number of hydrogen-bond donors (Lipinski definition) is 2. The molecule has 4 rings (SSSR count). The van der Waals surface area contributed by atoms with Crippen LogP contribution >= 0.6 is 0 Å². The Bertz CT molecular complexity index is 1300. The van der Waals surface area contributed by atoms with Gasteiger partial charge in [-0.15, -0.1) is 4.40 Å². The summed E-state index contributed by atoms with van der Waals surface area (Å²) in [5.41, 5.74) is 2.66. The highest BCUT2D eigenvalue weighted by Gasteiger charge is 2.28. The minimum Gasteiger partial charge on any atom is -0.497 e. The number of methoxy groups -OCH3 is 1. The first-order chi connectivity index (χ1) is 15.8. The molecule has 0 radical (unpaired) electrons. The summed E-state index contributed by atoms with van der Waals surface area (Å²) < 4.78 is 33.5. The number of nitrogens with zero attached hydrogens (tertiary/aromatic N) is 1. The molecule has 33 heavy (non-hydrogen) atoms. The Kier molecular flexibility index (Phi) is 6.20. The molecule has 0 aliphatic carbocycles. The van der Waals surface area contributed by atoms with Crippen LogP contribution in [0, 0.1) is 5.92 Å². The molecule has 0 saturated carbocycles. The Morgan fingerprint density at radius 2 is 1.61 bits per heavy atom. The third-order valence-electron chi connectivity index (χ3n) is 5.47. The summed E-state index contributed by atoms with van der Waals surface area (Å²) in [4.78, 5) is 13.1. The minimum atomic E-state index is -3.70. The highest BCUT2D eigenvalue weighted by Crippen LogP contribution is 2.27. The predicted octanol–water partition coefficient (Wildman–Crippen LogP) is 4.38. The van der Waals surface area contributed by atoms with E-state index in [0.717, 1.165) is 11.3 Å². The van der Waals surface area contributed by atoms with E-state index in [1.807, 2.05) is 24.3 Å². The SMILES string of the molecule is COc1ccc(C(NC(=O)c2ccc(NC3=NS(=O)(=O)c4ccccc43)cc2)C(C)C)cc1. The summed E-state index contributed by atoms with van der Waals surface area (Å²) in [6.07, 6.45) is 0. The third kappa shape index (κ3) is 4.75. The number of benzene rings is 3. The van der Waals surface area contributed by atoms with E-state index in [9.17, 15) is 13.2 Å². The van der Waals surface area contributed by atoms with Gasteiger partial charge in [0.05, 0.1) is 13.2 Å². The van der Waals surface area contributed by atoms with Crippen LogP contribution in [0.4, 0.5) is 5.69 Å². The molecule has 0 fully saturated rings. The molecule has 2 N–H and O–H groups in total. The van der Waals surface area contributed by atoms with Crippen molar-refractivity contribution in [2.75, 3.05) is 12.4 Å². The van der Waals surface area contributed by atoms with E-state index in [1.165, 1.54) is 6.07 Å². The number of amidine groups is 1. The van der Waals surface area contributed by atoms with Crippen molar-refractivity contribution in [2.45, 2.75) is 24.8 Å². The molecule has 0 saturated heterocycles. The molecule has 1 amide bonds. The van der Waals surface area contributed by atoms with Gasteiger partial charge in [0.15, 0.2) is 5.84 Å². The molecule has 1 unspecified atom stereocenters. The number of anilines is 1. The van der Waals surface area contributed by atoms with Crippen molar-refractivity contribution < 1.29 is 17.9 Å². The summed E-state index contributed by atoms with van der Waals surface area (Å²) in [6.45, 7) is 4.10. The van der Waals surface area contributed by atoms with Crippen molar-refractivity contribution in [1.29, 1.82) is 0 Å². The molecule has 8 heteroatoms. The quantitative estimate of drug-likeness (QED) is 0.565. The van der Waals surface area contributed by atoms with Crippen LogP contribution in [0.25, 0.3) is 0 Å². The van der Waals surface area contributed by atoms with Crippen LogP contribution < -0.4 is 15.4 Å². The largest absolute Gasteiger partial charge is 0.497 e. The number of carbonyl (C=O) groups excluding carboxylic acids is 1. The zero-order valence-electron chi connectivity index (χ0n) is 18.6. The molecule has 0 bridgehead atoms. The summed E-state index contributed by atoms with van der Waals surface area (Å²) in [5, 5.41) is 6.14. The summed E-state index contributed by atoms with van der Waals surface area (Å²) in [7, 11) is -2.08. The van der Waals surface area contributed by atoms with Crippen molar-refractivity contribution in [3.05, 3.63) is 89.5 Å². The second kappa shape index (κ2) is 9.07. The number of amides is 1. The molecular formula is C25H25N3O4S. The van der Waals surface area contributed by atoms with Crippen molar-refractivity contribution in [3.63, 3.8) is 0 Å². The van der Waals surface area contributed by atoms with Gasteiger partial charge in [-0.25, -0.2) is 0 Å². The topological polar surface area (TPSA) is 96.9 Å². The lowest BCUT2D eigenvalue weighted by molar-refractivity contribution is 0.0925. The minimum absolute atomic E-state index is 0.157. The predicted molar refractivity (Wildman–Crippen MR) is 128 cm³/mol. The molecule has 1 aliphatic rings. The summed E-state index contributed by atoms with van der Waals surface area (Å²) >= 11 is 0. The molecule has 1 aliphatic heterocycles. The second-order valence-electron chi connectivity index (χ2n) is 8.08. The third-order valence-corrected chi connectivity index (χ3v) is 6.80. The van der Waals surface area contributed by atoms with E-state index in [4.69, 9.17) is 4.74 Å². The van der Waals surface area contributed by atoms with E-state index in [2.05, 4.69) is 28.9 Å². The average Bonchev–Trinajstić information content (AvgIpc) is 3.07. The molecular weight excluding hydrogens is 438 g/mol. The standard InChI is InChI=1S/C25H25N3O4S/c1-16(2)23(17-10-14-20(32-3)15-11-17)27-25(29)18-8-12-19(13-9-18)26-24-21-6-4-5-7-22(21)33(30,31)28-24/h4-16,23H,1-3H3,(H,26,28)(H,27,29). The fourth-order valence-corrected chi connectivity index (χ4v) is 4.88. The number of hydrogen-bond acceptors (Lipinski definition) is 5. The van der Waals surface area contributed by atoms with E-state index < -0.39 is 10.0 Å². The van der Waals surface area contributed by atoms with Gasteiger partial charge < -0.3 is 15.4 Å². The van der Waals surface area contributed by atoms with Gasteiger partial charge in [-0.2, -0.15) is 8.42 Å². The Hall–Kier alpha value is -3.65. The molecule has 3 aromatic rings. The van der Waals surface area contributed by atoms with Gasteiger partial charge in [-0.05, 0) is 60.0 Å². The highest BCUT2D eigenvalue weighted by molar-refractivity contribution is 7.90. The maximum atomic E-state index is 12.9. The Balaban J connectivity index is 1.48. The van der Waals surface area contributed by atoms with Gasteiger partial charge in [0, 0.05) is 16.8 Å². The summed E-state index contributed by atoms with van der Waals surface area (Å²) in [5.74, 6) is 1.02. The molecule has 1 atom stereocenters. The van der Waals surface area contributed by atoms with Crippen LogP contribution in [0.2, 0.25) is 0 Å². The van der Waals surface area contributed by atoms with Crippen LogP contribution in [0.5, 0.6) is 5.75 Å². The zero-order chi connectivity index (χ0) is 23.6. The first-order valence-corrected chi connectivity index (χ1v) is 12.0. The molecule has 1 heterocycles. The Morgan fingerprint density at radius 3 is 2.24 bits per heavy atom. The number of carbonyl (C=O) groups is 1. The highest BCUT2D eigenvalue weighted by atomic mass is 32.2. The van der Waals surface area contributed by atoms with Crippen molar-refractivity contribution in [2.24, 2.45) is 10.3 Å². The van der Waals surface area contributed by atoms with Crippen LogP contribution in [0.3, 0.4) is 0 Å². The van der Waals surface area contributed by atoms with E-state index >= 15 is 0 Å². The van der Waals surface area contributed by atoms with E-state index in [0.29, 0.717) is 16.8 Å². The van der Waals surface area contributed by atoms with Crippen LogP contribution in [0.1, 0.15) is 41.4 Å². The smallest absolute Gasteiger partial charge is 0.285 e. The van der Waals surface area contributed by atoms with Crippen molar-refractivity contribution in [1.82, 2.24) is 5.32 Å². The molecule has 0 aromatic heterocycles. The lowest BCUT2D eigenvalue weighted by atomic mass is 9.95. The van der Waals surface area contributed by atoms with Gasteiger partial charge in [-0.1, -0.05) is 38.1 Å². The van der Waals surface area contributed by atoms with Crippen LogP contribution in [-0.2, 0) is 10.0 Å². The average molecular weight is 464 g/mol. The number of ether oxygens (including phenoxy) is 1. The van der Waals surface area contributed by atoms with Crippen molar-refractivity contribution >= 4 is 27.5 Å². The molecule has 170 valence electrons. The maximum absolute atomic E-state index is 12.9. The van der Waals surface area contributed by atoms with Gasteiger partial charge in [0.25, 0.3) is 15.9 Å². The number of fused-ring (bicyclic) bond motifs is 1. The fraction of sp³-hybridized carbons (Fsp3) is 0.200. The summed E-state index contributed by atoms with van der Waals surface area (Å²) in [6, 6.07) is 21.0.